The number of carbonyl (C=O) groups is 1. The number of benzene rings is 1. The highest BCUT2D eigenvalue weighted by atomic mass is 32.2. The van der Waals surface area contributed by atoms with Crippen molar-refractivity contribution in [2.24, 2.45) is 7.05 Å². The number of nitrogens with one attached hydrogen (secondary N) is 1. The summed E-state index contributed by atoms with van der Waals surface area (Å²) >= 11 is 1.40. The molecule has 9 heteroatoms. The van der Waals surface area contributed by atoms with E-state index in [1.807, 2.05) is 39.1 Å². The lowest BCUT2D eigenvalue weighted by Crippen LogP contribution is -2.22. The topological polar surface area (TPSA) is 99.2 Å². The summed E-state index contributed by atoms with van der Waals surface area (Å²) in [5, 5.41) is 11.2. The van der Waals surface area contributed by atoms with Gasteiger partial charge in [-0.25, -0.2) is 0 Å². The molecule has 1 N–H and O–H groups in total. The maximum Gasteiger partial charge on any atom is 0.262 e. The van der Waals surface area contributed by atoms with E-state index in [2.05, 4.69) is 15.5 Å². The average Bonchev–Trinajstić information content (AvgIpc) is 3.07. The van der Waals surface area contributed by atoms with Crippen LogP contribution >= 0.6 is 11.8 Å². The standard InChI is InChI=1S/C19H20N4O4S/c1-12-4-5-13(2)15(6-12)21-18(25)9-27-17-8-26-14(7-16(17)24)10-28-19-22-20-11-23(19)3/h4-8,11H,9-10H2,1-3H3,(H,21,25). The Kier molecular flexibility index (Phi) is 6.15. The van der Waals surface area contributed by atoms with Gasteiger partial charge in [-0.3, -0.25) is 9.59 Å². The van der Waals surface area contributed by atoms with E-state index in [1.54, 1.807) is 10.9 Å². The summed E-state index contributed by atoms with van der Waals surface area (Å²) in [7, 11) is 1.83. The second kappa shape index (κ2) is 8.75. The second-order valence-electron chi connectivity index (χ2n) is 6.24. The van der Waals surface area contributed by atoms with Crippen molar-refractivity contribution >= 4 is 23.4 Å². The number of amides is 1. The smallest absolute Gasteiger partial charge is 0.262 e. The van der Waals surface area contributed by atoms with Gasteiger partial charge >= 0.3 is 0 Å². The number of rotatable bonds is 7. The normalized spacial score (nSPS) is 10.7. The van der Waals surface area contributed by atoms with Crippen LogP contribution in [0, 0.1) is 13.8 Å². The summed E-state index contributed by atoms with van der Waals surface area (Å²) in [6, 6.07) is 7.13. The molecule has 0 fully saturated rings. The molecule has 1 amide bonds. The van der Waals surface area contributed by atoms with Gasteiger partial charge in [-0.05, 0) is 31.0 Å². The Labute approximate surface area is 165 Å². The van der Waals surface area contributed by atoms with E-state index in [0.717, 1.165) is 16.8 Å². The van der Waals surface area contributed by atoms with Crippen molar-refractivity contribution in [1.29, 1.82) is 0 Å². The minimum Gasteiger partial charge on any atom is -0.477 e. The molecule has 3 rings (SSSR count). The lowest BCUT2D eigenvalue weighted by Gasteiger charge is -2.10. The number of ether oxygens (including phenoxy) is 1. The van der Waals surface area contributed by atoms with Crippen LogP contribution in [0.5, 0.6) is 5.75 Å². The fourth-order valence-corrected chi connectivity index (χ4v) is 3.14. The lowest BCUT2D eigenvalue weighted by molar-refractivity contribution is -0.118. The van der Waals surface area contributed by atoms with Crippen LogP contribution in [0.15, 0.2) is 51.2 Å². The molecule has 3 aromatic rings. The van der Waals surface area contributed by atoms with Gasteiger partial charge in [0, 0.05) is 18.8 Å². The highest BCUT2D eigenvalue weighted by molar-refractivity contribution is 7.98. The Morgan fingerprint density at radius 2 is 2.14 bits per heavy atom. The van der Waals surface area contributed by atoms with Crippen LogP contribution in [0.1, 0.15) is 16.9 Å². The van der Waals surface area contributed by atoms with Crippen molar-refractivity contribution in [3.05, 3.63) is 64.0 Å². The first-order valence-corrected chi connectivity index (χ1v) is 9.49. The van der Waals surface area contributed by atoms with Crippen LogP contribution in [0.4, 0.5) is 5.69 Å². The SMILES string of the molecule is Cc1ccc(C)c(NC(=O)COc2coc(CSc3nncn3C)cc2=O)c1. The number of nitrogens with zero attached hydrogens (tertiary/aromatic N) is 3. The van der Waals surface area contributed by atoms with Crippen LogP contribution in [-0.4, -0.2) is 27.3 Å². The van der Waals surface area contributed by atoms with E-state index in [1.165, 1.54) is 24.1 Å². The van der Waals surface area contributed by atoms with Gasteiger partial charge in [0.1, 0.15) is 18.4 Å². The number of carbonyl (C=O) groups excluding carboxylic acids is 1. The molecule has 2 aromatic heterocycles. The van der Waals surface area contributed by atoms with Crippen molar-refractivity contribution in [2.45, 2.75) is 24.8 Å². The quantitative estimate of drug-likeness (QED) is 0.609. The number of anilines is 1. The van der Waals surface area contributed by atoms with Crippen LogP contribution < -0.4 is 15.5 Å². The predicted molar refractivity (Wildman–Crippen MR) is 106 cm³/mol. The summed E-state index contributed by atoms with van der Waals surface area (Å²) in [6.07, 6.45) is 2.82. The molecule has 0 aliphatic rings. The van der Waals surface area contributed by atoms with Crippen molar-refractivity contribution in [2.75, 3.05) is 11.9 Å². The van der Waals surface area contributed by atoms with Gasteiger partial charge < -0.3 is 19.0 Å². The Balaban J connectivity index is 1.55. The maximum atomic E-state index is 12.2. The maximum absolute atomic E-state index is 12.2. The largest absolute Gasteiger partial charge is 0.477 e. The molecule has 0 spiro atoms. The van der Waals surface area contributed by atoms with Gasteiger partial charge in [0.25, 0.3) is 5.91 Å². The van der Waals surface area contributed by atoms with E-state index >= 15 is 0 Å². The number of hydrogen-bond acceptors (Lipinski definition) is 7. The number of thioether (sulfide) groups is 1. The van der Waals surface area contributed by atoms with Gasteiger partial charge in [0.15, 0.2) is 11.8 Å². The third-order valence-corrected chi connectivity index (χ3v) is 4.95. The minimum absolute atomic E-state index is 0.0106. The molecule has 146 valence electrons. The summed E-state index contributed by atoms with van der Waals surface area (Å²) < 4.78 is 12.5. The van der Waals surface area contributed by atoms with Gasteiger partial charge in [-0.1, -0.05) is 23.9 Å². The third-order valence-electron chi connectivity index (χ3n) is 3.89. The summed E-state index contributed by atoms with van der Waals surface area (Å²) in [5.74, 6) is 0.540. The molecule has 0 unspecified atom stereocenters. The third kappa shape index (κ3) is 5.01. The van der Waals surface area contributed by atoms with Crippen LogP contribution in [0.2, 0.25) is 0 Å². The van der Waals surface area contributed by atoms with Crippen molar-refractivity contribution in [1.82, 2.24) is 14.8 Å². The second-order valence-corrected chi connectivity index (χ2v) is 7.19. The van der Waals surface area contributed by atoms with Crippen molar-refractivity contribution in [3.63, 3.8) is 0 Å². The van der Waals surface area contributed by atoms with Gasteiger partial charge in [0.2, 0.25) is 11.2 Å². The Bertz CT molecular complexity index is 1040. The molecule has 0 atom stereocenters. The molecule has 8 nitrogen and oxygen atoms in total. The van der Waals surface area contributed by atoms with Crippen LogP contribution in [0.3, 0.4) is 0 Å². The van der Waals surface area contributed by atoms with E-state index < -0.39 is 0 Å². The lowest BCUT2D eigenvalue weighted by atomic mass is 10.1. The molecule has 2 heterocycles. The minimum atomic E-state index is -0.352. The molecule has 0 saturated carbocycles. The van der Waals surface area contributed by atoms with Gasteiger partial charge in [-0.15, -0.1) is 10.2 Å². The molecular weight excluding hydrogens is 380 g/mol. The van der Waals surface area contributed by atoms with Crippen LogP contribution in [0.25, 0.3) is 0 Å². The first-order valence-electron chi connectivity index (χ1n) is 8.51. The van der Waals surface area contributed by atoms with Gasteiger partial charge in [-0.2, -0.15) is 0 Å². The van der Waals surface area contributed by atoms with Crippen molar-refractivity contribution < 1.29 is 13.9 Å². The number of aryl methyl sites for hydroxylation is 3. The first kappa shape index (κ1) is 19.7. The summed E-state index contributed by atoms with van der Waals surface area (Å²) in [6.45, 7) is 3.56. The zero-order chi connectivity index (χ0) is 20.1. The monoisotopic (exact) mass is 400 g/mol. The predicted octanol–water partition coefficient (Wildman–Crippen LogP) is 2.69. The number of hydrogen-bond donors (Lipinski definition) is 1. The zero-order valence-corrected chi connectivity index (χ0v) is 16.6. The first-order chi connectivity index (χ1) is 13.4. The fraction of sp³-hybridized carbons (Fsp3) is 0.263. The van der Waals surface area contributed by atoms with E-state index in [0.29, 0.717) is 16.7 Å². The zero-order valence-electron chi connectivity index (χ0n) is 15.8. The Hall–Kier alpha value is -3.07. The van der Waals surface area contributed by atoms with Gasteiger partial charge in [0.05, 0.1) is 5.75 Å². The Morgan fingerprint density at radius 3 is 2.86 bits per heavy atom. The fourth-order valence-electron chi connectivity index (χ4n) is 2.36. The Morgan fingerprint density at radius 1 is 1.32 bits per heavy atom. The van der Waals surface area contributed by atoms with Crippen molar-refractivity contribution in [3.8, 4) is 5.75 Å². The highest BCUT2D eigenvalue weighted by Crippen LogP contribution is 2.20. The molecule has 0 bridgehead atoms. The number of aromatic nitrogens is 3. The molecule has 0 saturated heterocycles. The van der Waals surface area contributed by atoms with E-state index in [9.17, 15) is 9.59 Å². The summed E-state index contributed by atoms with van der Waals surface area (Å²) in [4.78, 5) is 24.3. The molecular formula is C19H20N4O4S. The summed E-state index contributed by atoms with van der Waals surface area (Å²) in [5.41, 5.74) is 2.36. The average molecular weight is 400 g/mol. The molecule has 0 radical (unpaired) electrons. The molecule has 1 aromatic carbocycles. The molecule has 0 aliphatic carbocycles. The van der Waals surface area contributed by atoms with Crippen LogP contribution in [-0.2, 0) is 17.6 Å². The van der Waals surface area contributed by atoms with E-state index in [4.69, 9.17) is 9.15 Å². The van der Waals surface area contributed by atoms with E-state index in [-0.39, 0.29) is 23.7 Å². The highest BCUT2D eigenvalue weighted by Gasteiger charge is 2.11. The molecule has 28 heavy (non-hydrogen) atoms. The molecule has 0 aliphatic heterocycles.